The quantitative estimate of drug-likeness (QED) is 0.780. The molecule has 6 heteroatoms. The van der Waals surface area contributed by atoms with Crippen LogP contribution in [0.3, 0.4) is 0 Å². The molecule has 0 unspecified atom stereocenters. The van der Waals surface area contributed by atoms with E-state index in [1.54, 1.807) is 6.07 Å². The van der Waals surface area contributed by atoms with Gasteiger partial charge in [0, 0.05) is 11.9 Å². The Kier molecular flexibility index (Phi) is 4.78. The van der Waals surface area contributed by atoms with Crippen molar-refractivity contribution in [1.82, 2.24) is 9.88 Å². The minimum Gasteiger partial charge on any atom is -0.330 e. The third-order valence-electron chi connectivity index (χ3n) is 3.87. The topological polar surface area (TPSA) is 33.2 Å². The fraction of sp³-hybridized carbons (Fsp3) is 0.375. The van der Waals surface area contributed by atoms with Crippen LogP contribution in [0.2, 0.25) is 0 Å². The van der Waals surface area contributed by atoms with Crippen LogP contribution in [0.5, 0.6) is 0 Å². The van der Waals surface area contributed by atoms with E-state index in [0.717, 1.165) is 29.2 Å². The molecule has 116 valence electrons. The summed E-state index contributed by atoms with van der Waals surface area (Å²) in [4.78, 5) is 19.0. The lowest BCUT2D eigenvalue weighted by atomic mass is 9.95. The van der Waals surface area contributed by atoms with Crippen LogP contribution in [-0.2, 0) is 0 Å². The Morgan fingerprint density at radius 3 is 3.05 bits per heavy atom. The van der Waals surface area contributed by atoms with Crippen molar-refractivity contribution in [3.8, 4) is 0 Å². The van der Waals surface area contributed by atoms with Crippen LogP contribution in [0.1, 0.15) is 41.4 Å². The summed E-state index contributed by atoms with van der Waals surface area (Å²) in [5, 5.41) is 1.81. The molecule has 3 nitrogen and oxygen atoms in total. The Morgan fingerprint density at radius 1 is 1.45 bits per heavy atom. The van der Waals surface area contributed by atoms with E-state index in [9.17, 15) is 9.18 Å². The third-order valence-corrected chi connectivity index (χ3v) is 5.74. The summed E-state index contributed by atoms with van der Waals surface area (Å²) in [7, 11) is 0. The number of thioether (sulfide) groups is 1. The van der Waals surface area contributed by atoms with Gasteiger partial charge in [-0.05, 0) is 43.2 Å². The first-order chi connectivity index (χ1) is 10.7. The molecule has 1 aromatic heterocycles. The van der Waals surface area contributed by atoms with Crippen molar-refractivity contribution >= 4 is 29.0 Å². The minimum atomic E-state index is -0.256. The molecule has 0 aliphatic carbocycles. The number of hydrogen-bond donors (Lipinski definition) is 0. The molecule has 1 aromatic carbocycles. The third kappa shape index (κ3) is 3.17. The summed E-state index contributed by atoms with van der Waals surface area (Å²) < 4.78 is 14.4. The molecular formula is C16H17FN2OS2. The van der Waals surface area contributed by atoms with E-state index in [1.807, 2.05) is 22.6 Å². The van der Waals surface area contributed by atoms with Gasteiger partial charge in [-0.25, -0.2) is 9.37 Å². The van der Waals surface area contributed by atoms with E-state index in [0.29, 0.717) is 12.2 Å². The van der Waals surface area contributed by atoms with Gasteiger partial charge >= 0.3 is 0 Å². The molecule has 1 fully saturated rings. The largest absolute Gasteiger partial charge is 0.330 e. The Bertz CT molecular complexity index is 674. The molecular weight excluding hydrogens is 319 g/mol. The molecule has 1 atom stereocenters. The van der Waals surface area contributed by atoms with Gasteiger partial charge in [-0.15, -0.1) is 11.3 Å². The first-order valence-corrected chi connectivity index (χ1v) is 9.35. The smallest absolute Gasteiger partial charge is 0.273 e. The zero-order chi connectivity index (χ0) is 15.5. The number of hydrogen-bond acceptors (Lipinski definition) is 4. The molecule has 0 saturated carbocycles. The lowest BCUT2D eigenvalue weighted by Crippen LogP contribution is -2.38. The molecule has 2 aromatic rings. The first-order valence-electron chi connectivity index (χ1n) is 7.25. The SMILES string of the molecule is CSc1nc(C(=O)N2CCCC[C@@H]2c2cccc(F)c2)cs1. The molecule has 1 amide bonds. The van der Waals surface area contributed by atoms with Gasteiger partial charge < -0.3 is 4.90 Å². The number of piperidine rings is 1. The molecule has 0 radical (unpaired) electrons. The number of amides is 1. The van der Waals surface area contributed by atoms with Gasteiger partial charge in [-0.1, -0.05) is 23.9 Å². The second kappa shape index (κ2) is 6.79. The number of halogens is 1. The van der Waals surface area contributed by atoms with Crippen LogP contribution >= 0.6 is 23.1 Å². The van der Waals surface area contributed by atoms with Gasteiger partial charge in [0.1, 0.15) is 15.9 Å². The minimum absolute atomic E-state index is 0.0505. The van der Waals surface area contributed by atoms with Crippen molar-refractivity contribution in [3.63, 3.8) is 0 Å². The lowest BCUT2D eigenvalue weighted by molar-refractivity contribution is 0.0605. The number of thiazole rings is 1. The van der Waals surface area contributed by atoms with E-state index in [2.05, 4.69) is 4.98 Å². The second-order valence-corrected chi connectivity index (χ2v) is 7.18. The number of likely N-dealkylation sites (tertiary alicyclic amines) is 1. The Hall–Kier alpha value is -1.40. The van der Waals surface area contributed by atoms with Gasteiger partial charge in [-0.3, -0.25) is 4.79 Å². The highest BCUT2D eigenvalue weighted by Crippen LogP contribution is 2.33. The average Bonchev–Trinajstić information content (AvgIpc) is 3.03. The average molecular weight is 336 g/mol. The van der Waals surface area contributed by atoms with E-state index in [1.165, 1.54) is 35.2 Å². The van der Waals surface area contributed by atoms with Gasteiger partial charge in [0.05, 0.1) is 6.04 Å². The molecule has 2 heterocycles. The van der Waals surface area contributed by atoms with Crippen LogP contribution in [0.15, 0.2) is 34.0 Å². The molecule has 3 rings (SSSR count). The van der Waals surface area contributed by atoms with Crippen LogP contribution in [0.4, 0.5) is 4.39 Å². The summed E-state index contributed by atoms with van der Waals surface area (Å²) in [5.74, 6) is -0.306. The molecule has 1 aliphatic heterocycles. The highest BCUT2D eigenvalue weighted by molar-refractivity contribution is 8.00. The van der Waals surface area contributed by atoms with Crippen molar-refractivity contribution in [2.75, 3.05) is 12.8 Å². The van der Waals surface area contributed by atoms with Gasteiger partial charge in [-0.2, -0.15) is 0 Å². The summed E-state index contributed by atoms with van der Waals surface area (Å²) >= 11 is 3.03. The number of rotatable bonds is 3. The Morgan fingerprint density at radius 2 is 2.32 bits per heavy atom. The number of nitrogens with zero attached hydrogens (tertiary/aromatic N) is 2. The second-order valence-electron chi connectivity index (χ2n) is 5.27. The number of carbonyl (C=O) groups is 1. The molecule has 22 heavy (non-hydrogen) atoms. The normalized spacial score (nSPS) is 18.5. The fourth-order valence-corrected chi connectivity index (χ4v) is 4.07. The summed E-state index contributed by atoms with van der Waals surface area (Å²) in [6.45, 7) is 0.701. The number of benzene rings is 1. The predicted molar refractivity (Wildman–Crippen MR) is 87.9 cm³/mol. The van der Waals surface area contributed by atoms with Gasteiger partial charge in [0.2, 0.25) is 0 Å². The van der Waals surface area contributed by atoms with Crippen LogP contribution in [-0.4, -0.2) is 28.6 Å². The first kappa shape index (κ1) is 15.5. The van der Waals surface area contributed by atoms with Crippen molar-refractivity contribution < 1.29 is 9.18 Å². The van der Waals surface area contributed by atoms with Crippen LogP contribution < -0.4 is 0 Å². The Labute approximate surface area is 137 Å². The zero-order valence-corrected chi connectivity index (χ0v) is 13.9. The van der Waals surface area contributed by atoms with Gasteiger partial charge in [0.25, 0.3) is 5.91 Å². The molecule has 1 aliphatic rings. The maximum atomic E-state index is 13.5. The van der Waals surface area contributed by atoms with Gasteiger partial charge in [0.15, 0.2) is 0 Å². The monoisotopic (exact) mass is 336 g/mol. The molecule has 1 saturated heterocycles. The molecule has 0 N–H and O–H groups in total. The maximum Gasteiger partial charge on any atom is 0.273 e. The van der Waals surface area contributed by atoms with Crippen molar-refractivity contribution in [1.29, 1.82) is 0 Å². The lowest BCUT2D eigenvalue weighted by Gasteiger charge is -2.35. The maximum absolute atomic E-state index is 13.5. The summed E-state index contributed by atoms with van der Waals surface area (Å²) in [6.07, 6.45) is 4.85. The van der Waals surface area contributed by atoms with E-state index >= 15 is 0 Å². The van der Waals surface area contributed by atoms with Crippen LogP contribution in [0.25, 0.3) is 0 Å². The van der Waals surface area contributed by atoms with Crippen molar-refractivity contribution in [3.05, 3.63) is 46.7 Å². The summed E-state index contributed by atoms with van der Waals surface area (Å²) in [5.41, 5.74) is 1.37. The molecule has 0 spiro atoms. The van der Waals surface area contributed by atoms with Crippen molar-refractivity contribution in [2.45, 2.75) is 29.6 Å². The van der Waals surface area contributed by atoms with E-state index in [4.69, 9.17) is 0 Å². The highest BCUT2D eigenvalue weighted by atomic mass is 32.2. The zero-order valence-electron chi connectivity index (χ0n) is 12.3. The van der Waals surface area contributed by atoms with Crippen LogP contribution in [0, 0.1) is 5.82 Å². The number of aromatic nitrogens is 1. The van der Waals surface area contributed by atoms with E-state index < -0.39 is 0 Å². The number of carbonyl (C=O) groups excluding carboxylic acids is 1. The van der Waals surface area contributed by atoms with E-state index in [-0.39, 0.29) is 17.8 Å². The molecule has 0 bridgehead atoms. The van der Waals surface area contributed by atoms with Crippen molar-refractivity contribution in [2.24, 2.45) is 0 Å². The summed E-state index contributed by atoms with van der Waals surface area (Å²) in [6, 6.07) is 6.51. The highest BCUT2D eigenvalue weighted by Gasteiger charge is 2.30. The predicted octanol–water partition coefficient (Wildman–Crippen LogP) is 4.37. The Balaban J connectivity index is 1.87. The fourth-order valence-electron chi connectivity index (χ4n) is 2.83. The standard InChI is InChI=1S/C16H17FN2OS2/c1-21-16-18-13(10-22-16)15(20)19-8-3-2-7-14(19)11-5-4-6-12(17)9-11/h4-6,9-10,14H,2-3,7-8H2,1H3/t14-/m1/s1.